The molecule has 3 N–H and O–H groups in total. The molecule has 56 heavy (non-hydrogen) atoms. The number of anilines is 2. The summed E-state index contributed by atoms with van der Waals surface area (Å²) in [7, 11) is -3.67. The van der Waals surface area contributed by atoms with Gasteiger partial charge >= 0.3 is 0 Å². The Morgan fingerprint density at radius 1 is 0.946 bits per heavy atom. The van der Waals surface area contributed by atoms with Crippen molar-refractivity contribution >= 4 is 92.8 Å². The number of hydrogen-bond acceptors (Lipinski definition) is 10. The molecule has 0 atom stereocenters. The van der Waals surface area contributed by atoms with Crippen LogP contribution in [0.15, 0.2) is 93.8 Å². The smallest absolute Gasteiger partial charge is 0.277 e. The molecule has 0 saturated carbocycles. The molecule has 1 aliphatic heterocycles. The number of fused-ring (bicyclic) bond motifs is 5. The van der Waals surface area contributed by atoms with E-state index in [2.05, 4.69) is 96.6 Å². The highest BCUT2D eigenvalue weighted by Gasteiger charge is 2.21. The van der Waals surface area contributed by atoms with Gasteiger partial charge in [-0.15, -0.1) is 22.7 Å². The molecule has 0 fully saturated rings. The van der Waals surface area contributed by atoms with Gasteiger partial charge in [-0.3, -0.25) is 24.4 Å². The van der Waals surface area contributed by atoms with Crippen molar-refractivity contribution in [1.29, 1.82) is 0 Å². The first kappa shape index (κ1) is 36.7. The third kappa shape index (κ3) is 7.38. The number of carbonyl (C=O) groups is 1. The van der Waals surface area contributed by atoms with Crippen LogP contribution in [0.3, 0.4) is 0 Å². The summed E-state index contributed by atoms with van der Waals surface area (Å²) in [6.45, 7) is 10.2. The number of carbonyl (C=O) groups excluding carboxylic acids is 1. The van der Waals surface area contributed by atoms with E-state index in [0.717, 1.165) is 67.4 Å². The van der Waals surface area contributed by atoms with Crippen molar-refractivity contribution in [3.8, 4) is 10.4 Å². The molecule has 286 valence electrons. The monoisotopic (exact) mass is 820 g/mol. The third-order valence-electron chi connectivity index (χ3n) is 10.1. The number of thiophene rings is 2. The van der Waals surface area contributed by atoms with Crippen LogP contribution in [0.4, 0.5) is 10.8 Å². The normalized spacial score (nSPS) is 13.8. The first-order valence-electron chi connectivity index (χ1n) is 18.6. The standard InChI is InChI=1S/C41H40N8O3S4/c1-3-48-35-12-7-27(19-32(35)31-10-8-28(20-36(31)48)37-18-26(2)25-54-37)23-42-13-16-47-14-5-15-49-30(24-47)22-34(45-49)40(50)44-41-43-33-11-9-29(21-38(33)55-41)46-56(51,52)39-6-4-17-53-39/h4,6-12,17-22,25,42,46H,3,5,13-16,23-24H2,1-2H3,(H,43,44,50). The lowest BCUT2D eigenvalue weighted by Gasteiger charge is -2.19. The van der Waals surface area contributed by atoms with Crippen molar-refractivity contribution in [3.05, 3.63) is 112 Å². The highest BCUT2D eigenvalue weighted by Crippen LogP contribution is 2.35. The summed E-state index contributed by atoms with van der Waals surface area (Å²) >= 11 is 4.24. The Balaban J connectivity index is 0.810. The summed E-state index contributed by atoms with van der Waals surface area (Å²) in [6.07, 6.45) is 0.943. The average molecular weight is 821 g/mol. The second kappa shape index (κ2) is 15.2. The van der Waals surface area contributed by atoms with E-state index in [4.69, 9.17) is 0 Å². The molecule has 11 nitrogen and oxygen atoms in total. The number of rotatable bonds is 12. The van der Waals surface area contributed by atoms with Crippen LogP contribution in [0.2, 0.25) is 0 Å². The third-order valence-corrected chi connectivity index (χ3v) is 15.0. The van der Waals surface area contributed by atoms with Gasteiger partial charge in [-0.25, -0.2) is 13.4 Å². The molecule has 0 saturated heterocycles. The van der Waals surface area contributed by atoms with Gasteiger partial charge in [0.05, 0.1) is 21.6 Å². The quantitative estimate of drug-likeness (QED) is 0.105. The van der Waals surface area contributed by atoms with Gasteiger partial charge in [-0.1, -0.05) is 35.6 Å². The Kier molecular flexibility index (Phi) is 9.98. The fourth-order valence-corrected chi connectivity index (χ4v) is 11.3. The van der Waals surface area contributed by atoms with Crippen molar-refractivity contribution in [1.82, 2.24) is 29.5 Å². The number of sulfonamides is 1. The zero-order valence-corrected chi connectivity index (χ0v) is 34.2. The maximum Gasteiger partial charge on any atom is 0.277 e. The summed E-state index contributed by atoms with van der Waals surface area (Å²) < 4.78 is 33.3. The van der Waals surface area contributed by atoms with E-state index >= 15 is 0 Å². The zero-order chi connectivity index (χ0) is 38.4. The minimum absolute atomic E-state index is 0.244. The number of thiazole rings is 1. The van der Waals surface area contributed by atoms with Gasteiger partial charge in [-0.05, 0) is 102 Å². The van der Waals surface area contributed by atoms with Crippen LogP contribution >= 0.6 is 34.0 Å². The fraction of sp³-hybridized carbons (Fsp3) is 0.244. The maximum atomic E-state index is 13.3. The van der Waals surface area contributed by atoms with Gasteiger partial charge in [0, 0.05) is 72.5 Å². The van der Waals surface area contributed by atoms with E-state index < -0.39 is 10.0 Å². The molecule has 5 aromatic heterocycles. The van der Waals surface area contributed by atoms with E-state index in [-0.39, 0.29) is 10.1 Å². The van der Waals surface area contributed by atoms with Crippen LogP contribution in [0.5, 0.6) is 0 Å². The Morgan fingerprint density at radius 3 is 2.68 bits per heavy atom. The summed E-state index contributed by atoms with van der Waals surface area (Å²) in [5, 5.41) is 18.2. The molecule has 9 rings (SSSR count). The van der Waals surface area contributed by atoms with E-state index in [1.165, 1.54) is 54.7 Å². The summed E-state index contributed by atoms with van der Waals surface area (Å²) in [6, 6.07) is 26.3. The molecule has 15 heteroatoms. The minimum atomic E-state index is -3.67. The van der Waals surface area contributed by atoms with Crippen LogP contribution < -0.4 is 15.4 Å². The summed E-state index contributed by atoms with van der Waals surface area (Å²) in [5.74, 6) is -0.325. The molecule has 6 heterocycles. The molecule has 0 radical (unpaired) electrons. The van der Waals surface area contributed by atoms with E-state index in [9.17, 15) is 13.2 Å². The second-order valence-electron chi connectivity index (χ2n) is 14.1. The van der Waals surface area contributed by atoms with Gasteiger partial charge in [-0.2, -0.15) is 5.10 Å². The van der Waals surface area contributed by atoms with Crippen LogP contribution in [0.1, 0.15) is 40.7 Å². The van der Waals surface area contributed by atoms with Gasteiger partial charge in [0.25, 0.3) is 15.9 Å². The van der Waals surface area contributed by atoms with Crippen molar-refractivity contribution < 1.29 is 13.2 Å². The number of hydrogen-bond donors (Lipinski definition) is 3. The number of nitrogens with one attached hydrogen (secondary N) is 3. The molecular formula is C41H40N8O3S4. The van der Waals surface area contributed by atoms with Crippen LogP contribution in [0, 0.1) is 6.92 Å². The Hall–Kier alpha value is -4.90. The van der Waals surface area contributed by atoms with Crippen LogP contribution in [-0.2, 0) is 36.2 Å². The molecule has 0 unspecified atom stereocenters. The lowest BCUT2D eigenvalue weighted by atomic mass is 10.1. The Morgan fingerprint density at radius 2 is 1.86 bits per heavy atom. The van der Waals surface area contributed by atoms with Gasteiger partial charge in [0.1, 0.15) is 4.21 Å². The average Bonchev–Trinajstić information content (AvgIpc) is 4.03. The van der Waals surface area contributed by atoms with Crippen LogP contribution in [0.25, 0.3) is 42.5 Å². The second-order valence-corrected chi connectivity index (χ2v) is 18.9. The van der Waals surface area contributed by atoms with Crippen molar-refractivity contribution in [2.24, 2.45) is 0 Å². The first-order chi connectivity index (χ1) is 27.2. The lowest BCUT2D eigenvalue weighted by Crippen LogP contribution is -2.31. The topological polar surface area (TPSA) is 126 Å². The minimum Gasteiger partial charge on any atom is -0.341 e. The van der Waals surface area contributed by atoms with Gasteiger partial charge < -0.3 is 9.88 Å². The SMILES string of the molecule is CCn1c2ccc(CNCCN3CCCn4nc(C(=O)Nc5nc6ccc(NS(=O)(=O)c7cccs7)cc6s5)cc4C3)cc2c2ccc(-c3cc(C)cs3)cc21. The Labute approximate surface area is 336 Å². The molecule has 3 aromatic carbocycles. The Bertz CT molecular complexity index is 2830. The fourth-order valence-electron chi connectivity index (χ4n) is 7.46. The predicted molar refractivity (Wildman–Crippen MR) is 230 cm³/mol. The van der Waals surface area contributed by atoms with E-state index in [0.29, 0.717) is 28.6 Å². The highest BCUT2D eigenvalue weighted by molar-refractivity contribution is 7.94. The highest BCUT2D eigenvalue weighted by atomic mass is 32.2. The number of nitrogens with zero attached hydrogens (tertiary/aromatic N) is 5. The molecule has 0 bridgehead atoms. The van der Waals surface area contributed by atoms with Crippen molar-refractivity contribution in [2.75, 3.05) is 29.7 Å². The van der Waals surface area contributed by atoms with E-state index in [1.807, 2.05) is 10.7 Å². The first-order valence-corrected chi connectivity index (χ1v) is 22.6. The zero-order valence-electron chi connectivity index (χ0n) is 30.9. The number of aryl methyl sites for hydroxylation is 3. The van der Waals surface area contributed by atoms with Crippen molar-refractivity contribution in [3.63, 3.8) is 0 Å². The molecule has 1 aliphatic rings. The number of aromatic nitrogens is 4. The summed E-state index contributed by atoms with van der Waals surface area (Å²) in [5.41, 5.74) is 8.84. The van der Waals surface area contributed by atoms with Gasteiger partial charge in [0.15, 0.2) is 10.8 Å². The maximum absolute atomic E-state index is 13.3. The largest absolute Gasteiger partial charge is 0.341 e. The van der Waals surface area contributed by atoms with E-state index in [1.54, 1.807) is 47.0 Å². The molecule has 0 spiro atoms. The van der Waals surface area contributed by atoms with Crippen molar-refractivity contribution in [2.45, 2.75) is 50.7 Å². The van der Waals surface area contributed by atoms with Gasteiger partial charge in [0.2, 0.25) is 0 Å². The predicted octanol–water partition coefficient (Wildman–Crippen LogP) is 8.77. The molecular weight excluding hydrogens is 781 g/mol. The lowest BCUT2D eigenvalue weighted by molar-refractivity contribution is 0.102. The number of amides is 1. The van der Waals surface area contributed by atoms with Crippen LogP contribution in [-0.4, -0.2) is 58.2 Å². The number of benzene rings is 3. The molecule has 0 aliphatic carbocycles. The summed E-state index contributed by atoms with van der Waals surface area (Å²) in [4.78, 5) is 21.6. The molecule has 8 aromatic rings. The molecule has 1 amide bonds.